The molecule has 0 bridgehead atoms. The summed E-state index contributed by atoms with van der Waals surface area (Å²) in [6.07, 6.45) is 0. The Morgan fingerprint density at radius 1 is 0.667 bits per heavy atom. The Morgan fingerprint density at radius 2 is 0.889 bits per heavy atom. The molecule has 0 atom stereocenters. The quantitative estimate of drug-likeness (QED) is 0.417. The van der Waals surface area contributed by atoms with Gasteiger partial charge in [0.15, 0.2) is 23.1 Å². The van der Waals surface area contributed by atoms with E-state index in [2.05, 4.69) is 10.6 Å². The van der Waals surface area contributed by atoms with Crippen molar-refractivity contribution >= 4 is 23.1 Å². The fourth-order valence-electron chi connectivity index (χ4n) is 1.58. The molecule has 6 nitrogen and oxygen atoms in total. The van der Waals surface area contributed by atoms with Gasteiger partial charge >= 0.3 is 0 Å². The van der Waals surface area contributed by atoms with Gasteiger partial charge in [-0.3, -0.25) is 19.2 Å². The number of hydrogen-bond donors (Lipinski definition) is 2. The van der Waals surface area contributed by atoms with Crippen molar-refractivity contribution in [3.05, 3.63) is 0 Å². The Labute approximate surface area is 106 Å². The smallest absolute Gasteiger partial charge is 0.154 e. The van der Waals surface area contributed by atoms with E-state index in [0.29, 0.717) is 13.1 Å². The molecule has 0 amide bonds. The fraction of sp³-hybridized carbons (Fsp3) is 0.667. The van der Waals surface area contributed by atoms with Crippen LogP contribution in [0, 0.1) is 0 Å². The topological polar surface area (TPSA) is 92.3 Å². The molecule has 0 spiro atoms. The largest absolute Gasteiger partial charge is 0.300 e. The zero-order chi connectivity index (χ0) is 14.3. The van der Waals surface area contributed by atoms with Crippen LogP contribution >= 0.6 is 0 Å². The third kappa shape index (κ3) is 5.79. The zero-order valence-electron chi connectivity index (χ0n) is 11.2. The predicted octanol–water partition coefficient (Wildman–Crippen LogP) is -0.741. The van der Waals surface area contributed by atoms with E-state index < -0.39 is 12.1 Å². The van der Waals surface area contributed by atoms with E-state index in [4.69, 9.17) is 0 Å². The molecule has 0 aliphatic carbocycles. The minimum atomic E-state index is -0.820. The van der Waals surface area contributed by atoms with Crippen LogP contribution in [0.3, 0.4) is 0 Å². The summed E-state index contributed by atoms with van der Waals surface area (Å²) in [5, 5.41) is 5.54. The van der Waals surface area contributed by atoms with E-state index in [1.165, 1.54) is 27.7 Å². The van der Waals surface area contributed by atoms with Gasteiger partial charge in [-0.15, -0.1) is 0 Å². The lowest BCUT2D eigenvalue weighted by atomic mass is 10.1. The molecule has 2 N–H and O–H groups in total. The highest BCUT2D eigenvalue weighted by Crippen LogP contribution is 1.90. The summed E-state index contributed by atoms with van der Waals surface area (Å²) >= 11 is 0. The highest BCUT2D eigenvalue weighted by Gasteiger charge is 2.20. The van der Waals surface area contributed by atoms with E-state index in [0.717, 1.165) is 0 Å². The van der Waals surface area contributed by atoms with Crippen LogP contribution in [-0.4, -0.2) is 48.3 Å². The minimum Gasteiger partial charge on any atom is -0.300 e. The number of Topliss-reactive ketones (excluding diaryl/α,β-unsaturated/α-hetero) is 4. The van der Waals surface area contributed by atoms with Gasteiger partial charge in [-0.2, -0.15) is 0 Å². The molecule has 0 saturated heterocycles. The Bertz CT molecular complexity index is 290. The molecule has 0 aliphatic heterocycles. The second kappa shape index (κ2) is 7.84. The molecule has 102 valence electrons. The molecule has 0 aromatic carbocycles. The standard InChI is InChI=1S/C12H20N2O4/c1-7(15)11(8(2)16)13-5-6-14-12(9(3)17)10(4)18/h11-14H,5-6H2,1-4H3. The summed E-state index contributed by atoms with van der Waals surface area (Å²) in [4.78, 5) is 44.5. The molecule has 0 fully saturated rings. The van der Waals surface area contributed by atoms with Crippen LogP contribution in [-0.2, 0) is 19.2 Å². The molecule has 0 aliphatic rings. The number of ketones is 4. The van der Waals surface area contributed by atoms with Crippen LogP contribution in [0.15, 0.2) is 0 Å². The van der Waals surface area contributed by atoms with Crippen molar-refractivity contribution in [2.24, 2.45) is 0 Å². The summed E-state index contributed by atoms with van der Waals surface area (Å²) in [6.45, 7) is 5.98. The first kappa shape index (κ1) is 16.6. The summed E-state index contributed by atoms with van der Waals surface area (Å²) in [7, 11) is 0. The van der Waals surface area contributed by atoms with Gasteiger partial charge in [0, 0.05) is 13.1 Å². The third-order valence-corrected chi connectivity index (χ3v) is 2.45. The summed E-state index contributed by atoms with van der Waals surface area (Å²) < 4.78 is 0. The summed E-state index contributed by atoms with van der Waals surface area (Å²) in [5.74, 6) is -1.01. The minimum absolute atomic E-state index is 0.253. The average Bonchev–Trinajstić information content (AvgIpc) is 2.20. The van der Waals surface area contributed by atoms with Crippen molar-refractivity contribution in [3.8, 4) is 0 Å². The van der Waals surface area contributed by atoms with E-state index in [1.54, 1.807) is 0 Å². The van der Waals surface area contributed by atoms with Crippen molar-refractivity contribution in [2.75, 3.05) is 13.1 Å². The van der Waals surface area contributed by atoms with Crippen LogP contribution < -0.4 is 10.6 Å². The highest BCUT2D eigenvalue weighted by molar-refractivity contribution is 6.04. The van der Waals surface area contributed by atoms with Gasteiger partial charge in [0.25, 0.3) is 0 Å². The molecule has 0 aromatic heterocycles. The van der Waals surface area contributed by atoms with Crippen molar-refractivity contribution in [2.45, 2.75) is 39.8 Å². The first-order valence-electron chi connectivity index (χ1n) is 5.76. The molecule has 0 saturated carbocycles. The predicted molar refractivity (Wildman–Crippen MR) is 66.3 cm³/mol. The number of hydrogen-bond acceptors (Lipinski definition) is 6. The van der Waals surface area contributed by atoms with Crippen LogP contribution in [0.1, 0.15) is 27.7 Å². The van der Waals surface area contributed by atoms with Crippen LogP contribution in [0.2, 0.25) is 0 Å². The normalized spacial score (nSPS) is 10.8. The lowest BCUT2D eigenvalue weighted by Gasteiger charge is -2.15. The molecule has 0 radical (unpaired) electrons. The van der Waals surface area contributed by atoms with Crippen molar-refractivity contribution in [3.63, 3.8) is 0 Å². The van der Waals surface area contributed by atoms with E-state index in [-0.39, 0.29) is 23.1 Å². The SMILES string of the molecule is CC(=O)C(NCCNC(C(C)=O)C(C)=O)C(C)=O. The van der Waals surface area contributed by atoms with Gasteiger partial charge in [0.1, 0.15) is 12.1 Å². The Kier molecular flexibility index (Phi) is 7.23. The molecule has 0 aromatic rings. The molecule has 0 heterocycles. The zero-order valence-corrected chi connectivity index (χ0v) is 11.2. The Balaban J connectivity index is 4.12. The maximum atomic E-state index is 11.1. The second-order valence-electron chi connectivity index (χ2n) is 4.22. The maximum Gasteiger partial charge on any atom is 0.154 e. The summed E-state index contributed by atoms with van der Waals surface area (Å²) in [5.41, 5.74) is 0. The lowest BCUT2D eigenvalue weighted by molar-refractivity contribution is -0.129. The third-order valence-electron chi connectivity index (χ3n) is 2.45. The van der Waals surface area contributed by atoms with E-state index >= 15 is 0 Å². The molecular weight excluding hydrogens is 236 g/mol. The number of carbonyl (C=O) groups is 4. The first-order chi connectivity index (χ1) is 8.27. The van der Waals surface area contributed by atoms with E-state index in [9.17, 15) is 19.2 Å². The average molecular weight is 256 g/mol. The van der Waals surface area contributed by atoms with E-state index in [1.807, 2.05) is 0 Å². The Morgan fingerprint density at radius 3 is 1.06 bits per heavy atom. The molecular formula is C12H20N2O4. The highest BCUT2D eigenvalue weighted by atomic mass is 16.2. The molecule has 6 heteroatoms. The number of nitrogens with one attached hydrogen (secondary N) is 2. The first-order valence-corrected chi connectivity index (χ1v) is 5.76. The van der Waals surface area contributed by atoms with Gasteiger partial charge in [-0.25, -0.2) is 0 Å². The van der Waals surface area contributed by atoms with Crippen LogP contribution in [0.25, 0.3) is 0 Å². The lowest BCUT2D eigenvalue weighted by Crippen LogP contribution is -2.47. The van der Waals surface area contributed by atoms with Crippen molar-refractivity contribution in [1.82, 2.24) is 10.6 Å². The van der Waals surface area contributed by atoms with Gasteiger partial charge in [0.2, 0.25) is 0 Å². The van der Waals surface area contributed by atoms with Gasteiger partial charge in [-0.1, -0.05) is 0 Å². The van der Waals surface area contributed by atoms with Gasteiger partial charge in [0.05, 0.1) is 0 Å². The van der Waals surface area contributed by atoms with Crippen LogP contribution in [0.5, 0.6) is 0 Å². The molecule has 0 unspecified atom stereocenters. The number of rotatable bonds is 9. The molecule has 18 heavy (non-hydrogen) atoms. The van der Waals surface area contributed by atoms with Crippen molar-refractivity contribution in [1.29, 1.82) is 0 Å². The van der Waals surface area contributed by atoms with Crippen LogP contribution in [0.4, 0.5) is 0 Å². The Hall–Kier alpha value is -1.40. The monoisotopic (exact) mass is 256 g/mol. The maximum absolute atomic E-state index is 11.1. The molecule has 0 rings (SSSR count). The second-order valence-corrected chi connectivity index (χ2v) is 4.22. The fourth-order valence-corrected chi connectivity index (χ4v) is 1.58. The number of carbonyl (C=O) groups excluding carboxylic acids is 4. The summed E-state index contributed by atoms with van der Waals surface area (Å²) in [6, 6.07) is -1.64. The van der Waals surface area contributed by atoms with Gasteiger partial charge in [-0.05, 0) is 27.7 Å². The van der Waals surface area contributed by atoms with Gasteiger partial charge < -0.3 is 10.6 Å². The van der Waals surface area contributed by atoms with Crippen molar-refractivity contribution < 1.29 is 19.2 Å².